The molecule has 0 fully saturated rings. The molecule has 1 aromatic heterocycles. The number of nitrogens with zero attached hydrogens (tertiary/aromatic N) is 1. The van der Waals surface area contributed by atoms with Crippen LogP contribution in [-0.2, 0) is 33.5 Å². The molecular weight excluding hydrogens is 1330 g/mol. The van der Waals surface area contributed by atoms with Gasteiger partial charge >= 0.3 is 0 Å². The summed E-state index contributed by atoms with van der Waals surface area (Å²) in [5.41, 5.74) is 48.2. The van der Waals surface area contributed by atoms with E-state index >= 15 is 0 Å². The van der Waals surface area contributed by atoms with Crippen molar-refractivity contribution in [3.63, 3.8) is 0 Å². The Morgan fingerprint density at radius 1 is 0.318 bits per heavy atom. The molecule has 13 aromatic carbocycles. The zero-order chi connectivity index (χ0) is 75.1. The van der Waals surface area contributed by atoms with Crippen LogP contribution in [0, 0.1) is 13.8 Å². The number of rotatable bonds is 18. The van der Waals surface area contributed by atoms with Crippen LogP contribution in [-0.4, -0.2) is 0 Å². The molecule has 1 heterocycles. The summed E-state index contributed by atoms with van der Waals surface area (Å²) in [7, 11) is 0. The monoisotopic (exact) mass is 1430 g/mol. The van der Waals surface area contributed by atoms with Crippen LogP contribution >= 0.6 is 0 Å². The molecule has 6 aliphatic rings. The molecular formula is C108H101NO. The Morgan fingerprint density at radius 2 is 0.782 bits per heavy atom. The van der Waals surface area contributed by atoms with Gasteiger partial charge in [-0.2, -0.15) is 0 Å². The van der Waals surface area contributed by atoms with E-state index in [0.29, 0.717) is 0 Å². The van der Waals surface area contributed by atoms with Crippen LogP contribution in [0.1, 0.15) is 224 Å². The minimum absolute atomic E-state index is 0.0471. The van der Waals surface area contributed by atoms with Crippen LogP contribution in [0.15, 0.2) is 241 Å². The Bertz CT molecular complexity index is 6160. The molecule has 0 amide bonds. The topological polar surface area (TPSA) is 16.4 Å². The summed E-state index contributed by atoms with van der Waals surface area (Å²) in [4.78, 5) is 2.56. The van der Waals surface area contributed by atoms with E-state index in [2.05, 4.69) is 325 Å². The molecule has 2 nitrogen and oxygen atoms in total. The maximum atomic E-state index is 7.16. The van der Waals surface area contributed by atoms with Gasteiger partial charge in [0, 0.05) is 60.5 Å². The predicted octanol–water partition coefficient (Wildman–Crippen LogP) is 30.5. The zero-order valence-electron chi connectivity index (χ0n) is 66.6. The molecule has 110 heavy (non-hydrogen) atoms. The molecule has 0 radical (unpaired) electrons. The summed E-state index contributed by atoms with van der Waals surface area (Å²) in [6.07, 6.45) is 16.5. The molecule has 20 rings (SSSR count). The Balaban J connectivity index is 0.638. The second kappa shape index (κ2) is 25.2. The third-order valence-corrected chi connectivity index (χ3v) is 27.8. The van der Waals surface area contributed by atoms with E-state index in [1.165, 1.54) is 250 Å². The standard InChI is InChI=1S/C108H101NO/c1-13-15-17-19-29-53-108(54-30-20-18-16-14-2)88-37-27-23-33-77(88)80-50-45-71(61-93(80)108)70-44-49-79-78-48-43-69(59-89(78)104(5,6)90(79)60-70)67-39-41-68(42-40-67)85-64-94-98(100-84-35-25-28-38-95(84)110-103(85)100)82-51-46-73(62-91(82)105(94,7)8)109(75-56-65(3)55-66(4)57-75)74-47-52-83-92(63-74)107(11,12)102-99(83)96-76-32-22-21-31-72(76)58-86(96)97-81-34-24-26-36-87(81)106(9,10)101(97)102/h21-28,31-52,55-57,59-64H,13-20,29-30,53-54,58H2,1-12H3. The molecule has 0 saturated carbocycles. The first-order valence-corrected chi connectivity index (χ1v) is 41.5. The van der Waals surface area contributed by atoms with E-state index in [-0.39, 0.29) is 27.1 Å². The van der Waals surface area contributed by atoms with Crippen molar-refractivity contribution in [2.24, 2.45) is 0 Å². The van der Waals surface area contributed by atoms with Crippen molar-refractivity contribution < 1.29 is 4.42 Å². The maximum absolute atomic E-state index is 7.16. The number of fused-ring (bicyclic) bond motifs is 25. The number of furan rings is 1. The van der Waals surface area contributed by atoms with E-state index in [0.717, 1.165) is 39.8 Å². The first-order chi connectivity index (χ1) is 53.3. The van der Waals surface area contributed by atoms with Gasteiger partial charge in [0.05, 0.1) is 0 Å². The van der Waals surface area contributed by atoms with Crippen LogP contribution in [0.2, 0.25) is 0 Å². The van der Waals surface area contributed by atoms with Gasteiger partial charge in [0.25, 0.3) is 0 Å². The largest absolute Gasteiger partial charge is 0.455 e. The highest BCUT2D eigenvalue weighted by molar-refractivity contribution is 6.19. The van der Waals surface area contributed by atoms with Gasteiger partial charge < -0.3 is 9.32 Å². The molecule has 0 aliphatic heterocycles. The zero-order valence-corrected chi connectivity index (χ0v) is 66.6. The quantitative estimate of drug-likeness (QED) is 0.0796. The van der Waals surface area contributed by atoms with Crippen molar-refractivity contribution in [3.05, 3.63) is 314 Å². The smallest absolute Gasteiger partial charge is 0.143 e. The van der Waals surface area contributed by atoms with Crippen molar-refractivity contribution in [2.75, 3.05) is 4.90 Å². The fourth-order valence-electron chi connectivity index (χ4n) is 22.4. The molecule has 0 bridgehead atoms. The van der Waals surface area contributed by atoms with Gasteiger partial charge in [-0.15, -0.1) is 0 Å². The van der Waals surface area contributed by atoms with Gasteiger partial charge in [-0.1, -0.05) is 303 Å². The molecule has 544 valence electrons. The number of hydrogen-bond acceptors (Lipinski definition) is 2. The Hall–Kier alpha value is -10.5. The van der Waals surface area contributed by atoms with E-state index in [1.807, 2.05) is 0 Å². The van der Waals surface area contributed by atoms with Crippen LogP contribution < -0.4 is 4.90 Å². The second-order valence-electron chi connectivity index (χ2n) is 35.8. The lowest BCUT2D eigenvalue weighted by atomic mass is 9.70. The maximum Gasteiger partial charge on any atom is 0.143 e. The summed E-state index contributed by atoms with van der Waals surface area (Å²) in [6.45, 7) is 28.9. The van der Waals surface area contributed by atoms with E-state index in [1.54, 1.807) is 11.1 Å². The van der Waals surface area contributed by atoms with Crippen LogP contribution in [0.4, 0.5) is 17.1 Å². The molecule has 0 saturated heterocycles. The lowest BCUT2D eigenvalue weighted by molar-refractivity contribution is 0.399. The number of para-hydroxylation sites is 1. The van der Waals surface area contributed by atoms with E-state index in [4.69, 9.17) is 4.42 Å². The van der Waals surface area contributed by atoms with Crippen molar-refractivity contribution in [2.45, 2.75) is 194 Å². The first kappa shape index (κ1) is 68.7. The summed E-state index contributed by atoms with van der Waals surface area (Å²) in [5, 5.41) is 2.34. The normalized spacial score (nSPS) is 15.7. The number of unbranched alkanes of at least 4 members (excludes halogenated alkanes) is 8. The molecule has 0 unspecified atom stereocenters. The van der Waals surface area contributed by atoms with Crippen LogP contribution in [0.5, 0.6) is 0 Å². The lowest BCUT2D eigenvalue weighted by Crippen LogP contribution is -2.25. The van der Waals surface area contributed by atoms with E-state index < -0.39 is 0 Å². The summed E-state index contributed by atoms with van der Waals surface area (Å²) >= 11 is 0. The van der Waals surface area contributed by atoms with Gasteiger partial charge in [0.2, 0.25) is 0 Å². The van der Waals surface area contributed by atoms with Crippen LogP contribution in [0.3, 0.4) is 0 Å². The van der Waals surface area contributed by atoms with Crippen molar-refractivity contribution in [3.8, 4) is 100 Å². The number of hydrogen-bond donors (Lipinski definition) is 0. The summed E-state index contributed by atoms with van der Waals surface area (Å²) in [5.74, 6) is 0. The van der Waals surface area contributed by atoms with Crippen molar-refractivity contribution in [1.29, 1.82) is 0 Å². The first-order valence-electron chi connectivity index (χ1n) is 41.5. The van der Waals surface area contributed by atoms with Crippen molar-refractivity contribution in [1.82, 2.24) is 0 Å². The average molecular weight is 1430 g/mol. The van der Waals surface area contributed by atoms with Gasteiger partial charge in [-0.25, -0.2) is 0 Å². The average Bonchev–Trinajstić information content (AvgIpc) is 1.49. The van der Waals surface area contributed by atoms with Gasteiger partial charge in [-0.05, 0) is 272 Å². The second-order valence-corrected chi connectivity index (χ2v) is 35.8. The Morgan fingerprint density at radius 3 is 1.44 bits per heavy atom. The predicted molar refractivity (Wildman–Crippen MR) is 466 cm³/mol. The van der Waals surface area contributed by atoms with Gasteiger partial charge in [0.15, 0.2) is 0 Å². The number of aryl methyl sites for hydroxylation is 2. The number of anilines is 3. The lowest BCUT2D eigenvalue weighted by Gasteiger charge is -2.33. The highest BCUT2D eigenvalue weighted by Gasteiger charge is 2.51. The summed E-state index contributed by atoms with van der Waals surface area (Å²) in [6, 6.07) is 92.6. The SMILES string of the molecule is CCCCCCCC1(CCCCCCC)c2ccccc2-c2ccc(-c3ccc4c(c3)C(C)(C)c3cc(-c5ccc(-c6cc7c(c8c6oc6ccccc68)-c6ccc(N(c8cc(C)cc(C)c8)c8ccc9c(c8)C(C)(C)c8c-9c9c(c%10c8C(C)(C)c8ccccc8-%10)Cc8ccccc8-9)cc6C7(C)C)cc5)ccc3-4)cc21. The molecule has 0 spiro atoms. The molecule has 0 N–H and O–H groups in total. The van der Waals surface area contributed by atoms with Crippen molar-refractivity contribution >= 4 is 39.0 Å². The molecule has 6 aliphatic carbocycles. The van der Waals surface area contributed by atoms with E-state index in [9.17, 15) is 0 Å². The molecule has 14 aromatic rings. The Labute approximate surface area is 652 Å². The third kappa shape index (κ3) is 10.0. The fraction of sp³-hybridized carbons (Fsp3) is 0.278. The molecule has 2 heteroatoms. The fourth-order valence-corrected chi connectivity index (χ4v) is 22.4. The minimum Gasteiger partial charge on any atom is -0.455 e. The van der Waals surface area contributed by atoms with Gasteiger partial charge in [-0.3, -0.25) is 0 Å². The molecule has 0 atom stereocenters. The Kier molecular flexibility index (Phi) is 15.8. The summed E-state index contributed by atoms with van der Waals surface area (Å²) < 4.78 is 7.16. The minimum atomic E-state index is -0.366. The highest BCUT2D eigenvalue weighted by atomic mass is 16.3. The third-order valence-electron chi connectivity index (χ3n) is 27.8. The highest BCUT2D eigenvalue weighted by Crippen LogP contribution is 2.66. The van der Waals surface area contributed by atoms with Gasteiger partial charge in [0.1, 0.15) is 11.2 Å². The van der Waals surface area contributed by atoms with Crippen LogP contribution in [0.25, 0.3) is 122 Å². The number of benzene rings is 13.